The molecule has 1 atom stereocenters. The fourth-order valence-electron chi connectivity index (χ4n) is 2.61. The van der Waals surface area contributed by atoms with E-state index >= 15 is 0 Å². The van der Waals surface area contributed by atoms with Crippen LogP contribution in [0.2, 0.25) is 0 Å². The van der Waals surface area contributed by atoms with E-state index in [9.17, 15) is 0 Å². The van der Waals surface area contributed by atoms with Crippen molar-refractivity contribution in [1.82, 2.24) is 4.90 Å². The first-order valence-corrected chi connectivity index (χ1v) is 8.29. The highest BCUT2D eigenvalue weighted by Crippen LogP contribution is 2.21. The number of rotatable bonds is 4. The molecule has 1 aromatic carbocycles. The number of benzene rings is 1. The molecule has 1 N–H and O–H groups in total. The normalized spacial score (nSPS) is 24.5. The van der Waals surface area contributed by atoms with Crippen LogP contribution in [0.3, 0.4) is 0 Å². The van der Waals surface area contributed by atoms with Crippen LogP contribution in [0.1, 0.15) is 12.0 Å². The molecule has 2 aliphatic rings. The summed E-state index contributed by atoms with van der Waals surface area (Å²) in [4.78, 5) is 2.46. The summed E-state index contributed by atoms with van der Waals surface area (Å²) in [6, 6.07) is 9.60. The highest BCUT2D eigenvalue weighted by molar-refractivity contribution is 7.99. The number of anilines is 1. The van der Waals surface area contributed by atoms with Gasteiger partial charge in [-0.3, -0.25) is 4.90 Å². The topological polar surface area (TPSA) is 24.5 Å². The van der Waals surface area contributed by atoms with Gasteiger partial charge < -0.3 is 10.1 Å². The summed E-state index contributed by atoms with van der Waals surface area (Å²) in [6.07, 6.45) is 1.29. The smallest absolute Gasteiger partial charge is 0.0594 e. The molecule has 19 heavy (non-hydrogen) atoms. The largest absolute Gasteiger partial charge is 0.381 e. The van der Waals surface area contributed by atoms with Crippen molar-refractivity contribution < 1.29 is 4.74 Å². The van der Waals surface area contributed by atoms with Gasteiger partial charge in [-0.2, -0.15) is 11.8 Å². The zero-order chi connectivity index (χ0) is 12.9. The summed E-state index contributed by atoms with van der Waals surface area (Å²) in [5.74, 6) is 2.54. The van der Waals surface area contributed by atoms with Gasteiger partial charge in [0.25, 0.3) is 0 Å². The van der Waals surface area contributed by atoms with E-state index in [2.05, 4.69) is 34.5 Å². The van der Waals surface area contributed by atoms with Crippen molar-refractivity contribution in [3.63, 3.8) is 0 Å². The maximum absolute atomic E-state index is 5.38. The van der Waals surface area contributed by atoms with Gasteiger partial charge in [0.15, 0.2) is 0 Å². The maximum atomic E-state index is 5.38. The summed E-state index contributed by atoms with van der Waals surface area (Å²) >= 11 is 2.05. The van der Waals surface area contributed by atoms with Gasteiger partial charge in [0.05, 0.1) is 13.2 Å². The Morgan fingerprint density at radius 2 is 2.00 bits per heavy atom. The summed E-state index contributed by atoms with van der Waals surface area (Å²) < 4.78 is 5.38. The fourth-order valence-corrected chi connectivity index (χ4v) is 3.76. The van der Waals surface area contributed by atoms with E-state index in [1.165, 1.54) is 29.2 Å². The van der Waals surface area contributed by atoms with E-state index in [0.29, 0.717) is 6.04 Å². The Kier molecular flexibility index (Phi) is 4.64. The predicted octanol–water partition coefficient (Wildman–Crippen LogP) is 2.44. The molecule has 0 aliphatic carbocycles. The Morgan fingerprint density at radius 1 is 1.21 bits per heavy atom. The molecule has 0 saturated carbocycles. The zero-order valence-electron chi connectivity index (χ0n) is 11.3. The minimum atomic E-state index is 0.662. The SMILES string of the molecule is c1cc(NC2CCSC2)ccc1CN1CCOCC1. The van der Waals surface area contributed by atoms with Crippen LogP contribution in [0, 0.1) is 0 Å². The quantitative estimate of drug-likeness (QED) is 0.914. The molecule has 0 aromatic heterocycles. The highest BCUT2D eigenvalue weighted by Gasteiger charge is 2.15. The number of morpholine rings is 1. The minimum Gasteiger partial charge on any atom is -0.381 e. The molecule has 0 amide bonds. The van der Waals surface area contributed by atoms with Crippen molar-refractivity contribution in [3.05, 3.63) is 29.8 Å². The molecule has 3 nitrogen and oxygen atoms in total. The van der Waals surface area contributed by atoms with E-state index in [1.54, 1.807) is 0 Å². The van der Waals surface area contributed by atoms with E-state index in [4.69, 9.17) is 4.74 Å². The van der Waals surface area contributed by atoms with Crippen LogP contribution in [0.25, 0.3) is 0 Å². The Balaban J connectivity index is 1.52. The lowest BCUT2D eigenvalue weighted by molar-refractivity contribution is 0.0342. The van der Waals surface area contributed by atoms with Gasteiger partial charge in [-0.25, -0.2) is 0 Å². The van der Waals surface area contributed by atoms with Crippen molar-refractivity contribution in [2.24, 2.45) is 0 Å². The fraction of sp³-hybridized carbons (Fsp3) is 0.600. The molecule has 0 spiro atoms. The molecule has 0 radical (unpaired) electrons. The summed E-state index contributed by atoms with van der Waals surface area (Å²) in [5, 5.41) is 3.62. The molecule has 0 bridgehead atoms. The summed E-state index contributed by atoms with van der Waals surface area (Å²) in [5.41, 5.74) is 2.66. The maximum Gasteiger partial charge on any atom is 0.0594 e. The van der Waals surface area contributed by atoms with Crippen molar-refractivity contribution in [2.45, 2.75) is 19.0 Å². The molecular formula is C15H22N2OS. The van der Waals surface area contributed by atoms with Crippen LogP contribution in [0.15, 0.2) is 24.3 Å². The molecule has 1 aromatic rings. The lowest BCUT2D eigenvalue weighted by Gasteiger charge is -2.26. The van der Waals surface area contributed by atoms with Crippen LogP contribution in [-0.2, 0) is 11.3 Å². The lowest BCUT2D eigenvalue weighted by Crippen LogP contribution is -2.35. The third kappa shape index (κ3) is 3.88. The van der Waals surface area contributed by atoms with Crippen molar-refractivity contribution in [1.29, 1.82) is 0 Å². The molecular weight excluding hydrogens is 256 g/mol. The summed E-state index contributed by atoms with van der Waals surface area (Å²) in [7, 11) is 0. The standard InChI is InChI=1S/C15H22N2OS/c1-3-14(16-15-5-10-19-12-15)4-2-13(1)11-17-6-8-18-9-7-17/h1-4,15-16H,5-12H2. The van der Waals surface area contributed by atoms with Gasteiger partial charge in [0.1, 0.15) is 0 Å². The van der Waals surface area contributed by atoms with E-state index in [-0.39, 0.29) is 0 Å². The number of thioether (sulfide) groups is 1. The van der Waals surface area contributed by atoms with E-state index in [1.807, 2.05) is 11.8 Å². The van der Waals surface area contributed by atoms with Crippen LogP contribution in [0.4, 0.5) is 5.69 Å². The second kappa shape index (κ2) is 6.64. The van der Waals surface area contributed by atoms with Crippen molar-refractivity contribution in [3.8, 4) is 0 Å². The third-order valence-corrected chi connectivity index (χ3v) is 4.93. The average Bonchev–Trinajstić information content (AvgIpc) is 2.95. The molecule has 2 heterocycles. The van der Waals surface area contributed by atoms with E-state index < -0.39 is 0 Å². The first-order valence-electron chi connectivity index (χ1n) is 7.13. The van der Waals surface area contributed by atoms with Crippen LogP contribution < -0.4 is 5.32 Å². The van der Waals surface area contributed by atoms with Gasteiger partial charge >= 0.3 is 0 Å². The van der Waals surface area contributed by atoms with E-state index in [0.717, 1.165) is 32.8 Å². The van der Waals surface area contributed by atoms with Gasteiger partial charge in [-0.15, -0.1) is 0 Å². The molecule has 2 saturated heterocycles. The number of nitrogens with zero attached hydrogens (tertiary/aromatic N) is 1. The Morgan fingerprint density at radius 3 is 2.68 bits per heavy atom. The summed E-state index contributed by atoms with van der Waals surface area (Å²) in [6.45, 7) is 4.90. The van der Waals surface area contributed by atoms with Gasteiger partial charge in [-0.1, -0.05) is 12.1 Å². The minimum absolute atomic E-state index is 0.662. The van der Waals surface area contributed by atoms with Crippen LogP contribution in [-0.4, -0.2) is 48.8 Å². The first kappa shape index (κ1) is 13.3. The second-order valence-corrected chi connectivity index (χ2v) is 6.44. The molecule has 1 unspecified atom stereocenters. The average molecular weight is 278 g/mol. The third-order valence-electron chi connectivity index (χ3n) is 3.76. The Hall–Kier alpha value is -0.710. The predicted molar refractivity (Wildman–Crippen MR) is 81.9 cm³/mol. The molecule has 104 valence electrons. The number of ether oxygens (including phenoxy) is 1. The monoisotopic (exact) mass is 278 g/mol. The second-order valence-electron chi connectivity index (χ2n) is 5.29. The Labute approximate surface area is 119 Å². The van der Waals surface area contributed by atoms with Gasteiger partial charge in [0.2, 0.25) is 0 Å². The number of hydrogen-bond donors (Lipinski definition) is 1. The molecule has 4 heteroatoms. The van der Waals surface area contributed by atoms with Crippen LogP contribution >= 0.6 is 11.8 Å². The first-order chi connectivity index (χ1) is 9.40. The molecule has 2 aliphatic heterocycles. The Bertz CT molecular complexity index is 384. The number of hydrogen-bond acceptors (Lipinski definition) is 4. The van der Waals surface area contributed by atoms with Crippen molar-refractivity contribution in [2.75, 3.05) is 43.1 Å². The van der Waals surface area contributed by atoms with Gasteiger partial charge in [-0.05, 0) is 29.9 Å². The lowest BCUT2D eigenvalue weighted by atomic mass is 10.1. The van der Waals surface area contributed by atoms with Crippen molar-refractivity contribution >= 4 is 17.4 Å². The van der Waals surface area contributed by atoms with Crippen LogP contribution in [0.5, 0.6) is 0 Å². The molecule has 3 rings (SSSR count). The highest BCUT2D eigenvalue weighted by atomic mass is 32.2. The zero-order valence-corrected chi connectivity index (χ0v) is 12.1. The number of nitrogens with one attached hydrogen (secondary N) is 1. The molecule has 2 fully saturated rings. The van der Waals surface area contributed by atoms with Gasteiger partial charge in [0, 0.05) is 37.1 Å².